The third-order valence-electron chi connectivity index (χ3n) is 3.46. The number of rotatable bonds is 2. The molecule has 0 radical (unpaired) electrons. The predicted molar refractivity (Wildman–Crippen MR) is 69.8 cm³/mol. The van der Waals surface area contributed by atoms with Crippen molar-refractivity contribution in [3.63, 3.8) is 0 Å². The van der Waals surface area contributed by atoms with E-state index in [2.05, 4.69) is 5.32 Å². The van der Waals surface area contributed by atoms with Crippen molar-refractivity contribution in [3.8, 4) is 0 Å². The zero-order valence-corrected chi connectivity index (χ0v) is 10.8. The topological polar surface area (TPSA) is 86.1 Å². The lowest BCUT2D eigenvalue weighted by Crippen LogP contribution is -2.99. The highest BCUT2D eigenvalue weighted by molar-refractivity contribution is 5.94. The molecule has 104 valence electrons. The SMILES string of the molecule is CC1=C[C@@H](c2cccc([NH+]([O-])O)c2)C2=C(COC2=O)N1. The molecule has 0 bridgehead atoms. The van der Waals surface area contributed by atoms with E-state index in [-0.39, 0.29) is 24.2 Å². The lowest BCUT2D eigenvalue weighted by atomic mass is 9.87. The maximum atomic E-state index is 11.9. The van der Waals surface area contributed by atoms with Crippen LogP contribution in [0.2, 0.25) is 0 Å². The highest BCUT2D eigenvalue weighted by atomic mass is 16.8. The van der Waals surface area contributed by atoms with Gasteiger partial charge < -0.3 is 15.3 Å². The van der Waals surface area contributed by atoms with Gasteiger partial charge in [0.15, 0.2) is 5.69 Å². The van der Waals surface area contributed by atoms with Gasteiger partial charge in [0.25, 0.3) is 0 Å². The van der Waals surface area contributed by atoms with Gasteiger partial charge >= 0.3 is 5.97 Å². The number of dihydropyridines is 1. The summed E-state index contributed by atoms with van der Waals surface area (Å²) in [5, 5.41) is 22.3. The summed E-state index contributed by atoms with van der Waals surface area (Å²) >= 11 is 0. The molecular weight excluding hydrogens is 260 g/mol. The molecule has 0 fully saturated rings. The summed E-state index contributed by atoms with van der Waals surface area (Å²) in [6, 6.07) is 6.64. The van der Waals surface area contributed by atoms with Crippen LogP contribution in [0.5, 0.6) is 0 Å². The molecule has 3 rings (SSSR count). The van der Waals surface area contributed by atoms with Crippen LogP contribution in [0.15, 0.2) is 47.3 Å². The van der Waals surface area contributed by atoms with Crippen molar-refractivity contribution in [2.45, 2.75) is 12.8 Å². The molecule has 6 nitrogen and oxygen atoms in total. The highest BCUT2D eigenvalue weighted by Gasteiger charge is 2.34. The van der Waals surface area contributed by atoms with Gasteiger partial charge in [-0.1, -0.05) is 18.2 Å². The Balaban J connectivity index is 2.05. The average molecular weight is 274 g/mol. The number of allylic oxidation sites excluding steroid dienone is 2. The highest BCUT2D eigenvalue weighted by Crippen LogP contribution is 2.36. The van der Waals surface area contributed by atoms with Crippen molar-refractivity contribution in [2.24, 2.45) is 0 Å². The van der Waals surface area contributed by atoms with E-state index < -0.39 is 5.23 Å². The van der Waals surface area contributed by atoms with Gasteiger partial charge in [-0.2, -0.15) is 5.23 Å². The first-order valence-electron chi connectivity index (χ1n) is 6.25. The third kappa shape index (κ3) is 2.09. The van der Waals surface area contributed by atoms with E-state index in [1.165, 1.54) is 6.07 Å². The van der Waals surface area contributed by atoms with Gasteiger partial charge in [0, 0.05) is 23.7 Å². The number of hydrogen-bond donors (Lipinski definition) is 3. The molecule has 0 aliphatic carbocycles. The van der Waals surface area contributed by atoms with Gasteiger partial charge in [0.2, 0.25) is 0 Å². The largest absolute Gasteiger partial charge is 0.595 e. The summed E-state index contributed by atoms with van der Waals surface area (Å²) in [6.45, 7) is 2.15. The zero-order valence-electron chi connectivity index (χ0n) is 10.8. The van der Waals surface area contributed by atoms with E-state index in [4.69, 9.17) is 9.94 Å². The van der Waals surface area contributed by atoms with E-state index in [0.29, 0.717) is 5.57 Å². The Morgan fingerprint density at radius 2 is 2.30 bits per heavy atom. The van der Waals surface area contributed by atoms with Gasteiger partial charge in [-0.3, -0.25) is 0 Å². The average Bonchev–Trinajstić information content (AvgIpc) is 2.79. The van der Waals surface area contributed by atoms with Crippen molar-refractivity contribution in [2.75, 3.05) is 6.61 Å². The summed E-state index contributed by atoms with van der Waals surface area (Å²) in [7, 11) is 0. The first-order chi connectivity index (χ1) is 9.56. The van der Waals surface area contributed by atoms with E-state index in [0.717, 1.165) is 17.0 Å². The van der Waals surface area contributed by atoms with Gasteiger partial charge in [-0.15, -0.1) is 0 Å². The van der Waals surface area contributed by atoms with Crippen LogP contribution in [-0.2, 0) is 9.53 Å². The van der Waals surface area contributed by atoms with Crippen molar-refractivity contribution in [1.29, 1.82) is 0 Å². The Hall–Kier alpha value is -2.15. The fourth-order valence-corrected chi connectivity index (χ4v) is 2.58. The molecule has 1 aromatic rings. The normalized spacial score (nSPS) is 22.9. The molecule has 0 amide bonds. The molecule has 2 atom stereocenters. The molecule has 0 aromatic heterocycles. The first-order valence-corrected chi connectivity index (χ1v) is 6.25. The van der Waals surface area contributed by atoms with E-state index in [9.17, 15) is 10.0 Å². The number of hydrogen-bond acceptors (Lipinski definition) is 5. The molecule has 2 aliphatic heterocycles. The first kappa shape index (κ1) is 12.9. The molecule has 0 spiro atoms. The van der Waals surface area contributed by atoms with E-state index >= 15 is 0 Å². The van der Waals surface area contributed by atoms with Crippen LogP contribution in [0.4, 0.5) is 5.69 Å². The number of nitrogens with one attached hydrogen (secondary N) is 2. The van der Waals surface area contributed by atoms with Crippen LogP contribution >= 0.6 is 0 Å². The number of ether oxygens (including phenoxy) is 1. The maximum Gasteiger partial charge on any atom is 0.337 e. The third-order valence-corrected chi connectivity index (χ3v) is 3.46. The quantitative estimate of drug-likeness (QED) is 0.540. The minimum absolute atomic E-state index is 0.209. The fraction of sp³-hybridized carbons (Fsp3) is 0.214. The fourth-order valence-electron chi connectivity index (χ4n) is 2.58. The minimum Gasteiger partial charge on any atom is -0.595 e. The van der Waals surface area contributed by atoms with Crippen molar-refractivity contribution >= 4 is 11.7 Å². The molecule has 3 N–H and O–H groups in total. The molecule has 0 saturated heterocycles. The summed E-state index contributed by atoms with van der Waals surface area (Å²) < 4.78 is 5.05. The number of quaternary nitrogens is 1. The maximum absolute atomic E-state index is 11.9. The smallest absolute Gasteiger partial charge is 0.337 e. The number of cyclic esters (lactones) is 1. The van der Waals surface area contributed by atoms with Gasteiger partial charge in [0.05, 0.1) is 11.3 Å². The van der Waals surface area contributed by atoms with E-state index in [1.807, 2.05) is 19.1 Å². The second kappa shape index (κ2) is 4.75. The van der Waals surface area contributed by atoms with E-state index in [1.54, 1.807) is 12.1 Å². The number of carbonyl (C=O) groups is 1. The lowest BCUT2D eigenvalue weighted by Gasteiger charge is -2.22. The standard InChI is InChI=1S/C14H14N2O4/c1-8-5-11(13-12(15-8)7-20-14(13)17)9-3-2-4-10(6-9)16(18)19/h2-6,11,15-16,18H,7H2,1H3/t11-/m0/s1. The van der Waals surface area contributed by atoms with Crippen molar-refractivity contribution < 1.29 is 20.0 Å². The predicted octanol–water partition coefficient (Wildman–Crippen LogP) is 0.491. The van der Waals surface area contributed by atoms with Gasteiger partial charge in [-0.25, -0.2) is 10.0 Å². The lowest BCUT2D eigenvalue weighted by molar-refractivity contribution is -0.991. The van der Waals surface area contributed by atoms with Gasteiger partial charge in [0.1, 0.15) is 6.61 Å². The summed E-state index contributed by atoms with van der Waals surface area (Å²) in [5.41, 5.74) is 3.24. The summed E-state index contributed by atoms with van der Waals surface area (Å²) in [5.74, 6) is -0.609. The molecule has 1 unspecified atom stereocenters. The Morgan fingerprint density at radius 3 is 3.05 bits per heavy atom. The molecule has 2 heterocycles. The number of carbonyl (C=O) groups excluding carboxylic acids is 1. The van der Waals surface area contributed by atoms with Crippen LogP contribution in [0.1, 0.15) is 18.4 Å². The Kier molecular flexibility index (Phi) is 3.06. The number of benzene rings is 1. The zero-order chi connectivity index (χ0) is 14.3. The molecule has 0 saturated carbocycles. The Bertz CT molecular complexity index is 634. The van der Waals surface area contributed by atoms with Crippen molar-refractivity contribution in [3.05, 3.63) is 58.1 Å². The summed E-state index contributed by atoms with van der Waals surface area (Å²) in [4.78, 5) is 11.9. The second-order valence-electron chi connectivity index (χ2n) is 4.85. The Labute approximate surface area is 115 Å². The van der Waals surface area contributed by atoms with Crippen LogP contribution < -0.4 is 10.5 Å². The Morgan fingerprint density at radius 1 is 1.50 bits per heavy atom. The molecular formula is C14H14N2O4. The van der Waals surface area contributed by atoms with Crippen LogP contribution in [0, 0.1) is 5.21 Å². The van der Waals surface area contributed by atoms with Crippen LogP contribution in [-0.4, -0.2) is 17.8 Å². The van der Waals surface area contributed by atoms with Gasteiger partial charge in [-0.05, 0) is 12.5 Å². The number of esters is 1. The molecule has 6 heteroatoms. The minimum atomic E-state index is -0.982. The second-order valence-corrected chi connectivity index (χ2v) is 4.85. The van der Waals surface area contributed by atoms with Crippen LogP contribution in [0.3, 0.4) is 0 Å². The van der Waals surface area contributed by atoms with Crippen LogP contribution in [0.25, 0.3) is 0 Å². The molecule has 20 heavy (non-hydrogen) atoms. The summed E-state index contributed by atoms with van der Waals surface area (Å²) in [6.07, 6.45) is 1.91. The molecule has 2 aliphatic rings. The van der Waals surface area contributed by atoms with Crippen molar-refractivity contribution in [1.82, 2.24) is 5.32 Å². The molecule has 1 aromatic carbocycles. The monoisotopic (exact) mass is 274 g/mol.